The minimum atomic E-state index is -2.24. The molecule has 2 rings (SSSR count). The molecule has 2 N–H and O–H groups in total. The maximum Gasteiger partial charge on any atom is 0.269 e. The van der Waals surface area contributed by atoms with Crippen molar-refractivity contribution in [3.05, 3.63) is 46.0 Å². The lowest BCUT2D eigenvalue weighted by molar-refractivity contribution is -0.385. The number of carbonyl (C=O) groups excluding carboxylic acids is 1. The summed E-state index contributed by atoms with van der Waals surface area (Å²) < 4.78 is 0. The number of nitrogens with one attached hydrogen (secondary N) is 1. The van der Waals surface area contributed by atoms with E-state index in [1.165, 1.54) is 12.1 Å². The summed E-state index contributed by atoms with van der Waals surface area (Å²) in [4.78, 5) is 21.7. The van der Waals surface area contributed by atoms with Crippen molar-refractivity contribution >= 4 is 17.3 Å². The number of hydrogen-bond acceptors (Lipinski definition) is 5. The fraction of sp³-hybridized carbons (Fsp3) is 0.0909. The van der Waals surface area contributed by atoms with Crippen molar-refractivity contribution in [2.24, 2.45) is 0 Å². The molecule has 0 radical (unpaired) electrons. The van der Waals surface area contributed by atoms with Crippen LogP contribution in [0.15, 0.2) is 30.4 Å². The number of amides is 1. The van der Waals surface area contributed by atoms with Crippen molar-refractivity contribution in [1.29, 1.82) is 5.26 Å². The Hall–Kier alpha value is -2.72. The fourth-order valence-corrected chi connectivity index (χ4v) is 1.77. The van der Waals surface area contributed by atoms with Crippen molar-refractivity contribution in [1.82, 2.24) is 0 Å². The Morgan fingerprint density at radius 3 is 2.83 bits per heavy atom. The van der Waals surface area contributed by atoms with Crippen LogP contribution in [0.3, 0.4) is 0 Å². The summed E-state index contributed by atoms with van der Waals surface area (Å²) in [5.41, 5.74) is -2.72. The van der Waals surface area contributed by atoms with Gasteiger partial charge in [-0.15, -0.1) is 0 Å². The molecule has 18 heavy (non-hydrogen) atoms. The van der Waals surface area contributed by atoms with Gasteiger partial charge in [-0.1, -0.05) is 6.58 Å². The van der Waals surface area contributed by atoms with Gasteiger partial charge in [0.1, 0.15) is 0 Å². The lowest BCUT2D eigenvalue weighted by Crippen LogP contribution is -2.35. The van der Waals surface area contributed by atoms with Gasteiger partial charge in [0.25, 0.3) is 11.6 Å². The van der Waals surface area contributed by atoms with E-state index in [4.69, 9.17) is 5.26 Å². The Morgan fingerprint density at radius 2 is 2.28 bits per heavy atom. The molecule has 0 aromatic heterocycles. The third kappa shape index (κ3) is 1.37. The number of hydrogen-bond donors (Lipinski definition) is 2. The Kier molecular flexibility index (Phi) is 2.38. The van der Waals surface area contributed by atoms with Crippen LogP contribution in [0.2, 0.25) is 0 Å². The molecule has 1 unspecified atom stereocenters. The van der Waals surface area contributed by atoms with E-state index in [1.54, 1.807) is 6.07 Å². The third-order valence-corrected chi connectivity index (χ3v) is 2.75. The first kappa shape index (κ1) is 11.8. The van der Waals surface area contributed by atoms with Crippen molar-refractivity contribution in [3.8, 4) is 6.07 Å². The minimum absolute atomic E-state index is 0.0340. The third-order valence-electron chi connectivity index (χ3n) is 2.75. The van der Waals surface area contributed by atoms with E-state index < -0.39 is 16.4 Å². The number of nitro benzene ring substituents is 1. The van der Waals surface area contributed by atoms with Crippen LogP contribution in [-0.2, 0) is 10.4 Å². The van der Waals surface area contributed by atoms with E-state index in [2.05, 4.69) is 11.9 Å². The normalized spacial score (nSPS) is 20.8. The van der Waals surface area contributed by atoms with Gasteiger partial charge in [0.15, 0.2) is 0 Å². The molecule has 1 atom stereocenters. The Bertz CT molecular complexity index is 632. The molecular formula is C11H7N3O4. The van der Waals surface area contributed by atoms with E-state index in [-0.39, 0.29) is 22.5 Å². The molecule has 90 valence electrons. The molecule has 0 fully saturated rings. The van der Waals surface area contributed by atoms with E-state index >= 15 is 0 Å². The monoisotopic (exact) mass is 245 g/mol. The summed E-state index contributed by atoms with van der Waals surface area (Å²) >= 11 is 0. The fourth-order valence-electron chi connectivity index (χ4n) is 1.77. The zero-order valence-corrected chi connectivity index (χ0v) is 9.01. The SMILES string of the molecule is C=C(C#N)C1(O)C(=O)Nc2ccc([N+](=O)[O-])cc21. The average Bonchev–Trinajstić information content (AvgIpc) is 2.61. The van der Waals surface area contributed by atoms with Crippen LogP contribution >= 0.6 is 0 Å². The first-order chi connectivity index (χ1) is 8.41. The van der Waals surface area contributed by atoms with Gasteiger partial charge in [-0.3, -0.25) is 14.9 Å². The standard InChI is InChI=1S/C11H7N3O4/c1-6(5-12)11(16)8-4-7(14(17)18)2-3-9(8)13-10(11)15/h2-4,16H,1H2,(H,13,15). The molecule has 0 aliphatic carbocycles. The summed E-state index contributed by atoms with van der Waals surface area (Å²) in [6, 6.07) is 5.14. The molecule has 1 aliphatic rings. The lowest BCUT2D eigenvalue weighted by Gasteiger charge is -2.18. The average molecular weight is 245 g/mol. The molecule has 0 saturated carbocycles. The predicted octanol–water partition coefficient (Wildman–Crippen LogP) is 0.814. The highest BCUT2D eigenvalue weighted by Crippen LogP contribution is 2.41. The number of non-ortho nitro benzene ring substituents is 1. The molecule has 1 aliphatic heterocycles. The molecule has 1 aromatic carbocycles. The lowest BCUT2D eigenvalue weighted by atomic mass is 9.88. The molecular weight excluding hydrogens is 238 g/mol. The van der Waals surface area contributed by atoms with Crippen LogP contribution in [0.5, 0.6) is 0 Å². The second-order valence-electron chi connectivity index (χ2n) is 3.74. The van der Waals surface area contributed by atoms with Crippen LogP contribution in [0.1, 0.15) is 5.56 Å². The van der Waals surface area contributed by atoms with Crippen molar-refractivity contribution in [2.45, 2.75) is 5.60 Å². The maximum absolute atomic E-state index is 11.7. The zero-order chi connectivity index (χ0) is 13.5. The molecule has 0 saturated heterocycles. The van der Waals surface area contributed by atoms with E-state index in [9.17, 15) is 20.0 Å². The highest BCUT2D eigenvalue weighted by Gasteiger charge is 2.48. The molecule has 7 heteroatoms. The van der Waals surface area contributed by atoms with Gasteiger partial charge in [0.2, 0.25) is 5.60 Å². The van der Waals surface area contributed by atoms with Gasteiger partial charge in [-0.2, -0.15) is 5.26 Å². The summed E-state index contributed by atoms with van der Waals surface area (Å²) in [6.07, 6.45) is 0. The summed E-state index contributed by atoms with van der Waals surface area (Å²) in [5, 5.41) is 32.0. The van der Waals surface area contributed by atoms with Gasteiger partial charge in [0, 0.05) is 23.4 Å². The van der Waals surface area contributed by atoms with Gasteiger partial charge in [-0.25, -0.2) is 0 Å². The second-order valence-corrected chi connectivity index (χ2v) is 3.74. The Balaban J connectivity index is 2.67. The van der Waals surface area contributed by atoms with Crippen molar-refractivity contribution in [2.75, 3.05) is 5.32 Å². The van der Waals surface area contributed by atoms with E-state index in [0.717, 1.165) is 6.07 Å². The Labute approximate surface area is 101 Å². The molecule has 1 amide bonds. The summed E-state index contributed by atoms with van der Waals surface area (Å²) in [5.74, 6) is -0.843. The van der Waals surface area contributed by atoms with Crippen LogP contribution < -0.4 is 5.32 Å². The largest absolute Gasteiger partial charge is 0.371 e. The number of rotatable bonds is 2. The number of fused-ring (bicyclic) bond motifs is 1. The number of aliphatic hydroxyl groups is 1. The smallest absolute Gasteiger partial charge is 0.269 e. The number of nitrogens with zero attached hydrogens (tertiary/aromatic N) is 2. The van der Waals surface area contributed by atoms with Crippen molar-refractivity contribution < 1.29 is 14.8 Å². The molecule has 0 bridgehead atoms. The number of carbonyl (C=O) groups is 1. The second kappa shape index (κ2) is 3.65. The van der Waals surface area contributed by atoms with Crippen LogP contribution in [0.25, 0.3) is 0 Å². The molecule has 1 aromatic rings. The highest BCUT2D eigenvalue weighted by molar-refractivity contribution is 6.07. The van der Waals surface area contributed by atoms with Gasteiger partial charge in [-0.05, 0) is 6.07 Å². The van der Waals surface area contributed by atoms with E-state index in [0.29, 0.717) is 0 Å². The zero-order valence-electron chi connectivity index (χ0n) is 9.01. The highest BCUT2D eigenvalue weighted by atomic mass is 16.6. The first-order valence-electron chi connectivity index (χ1n) is 4.83. The number of nitro groups is 1. The van der Waals surface area contributed by atoms with Gasteiger partial charge >= 0.3 is 0 Å². The molecule has 0 spiro atoms. The summed E-state index contributed by atoms with van der Waals surface area (Å²) in [7, 11) is 0. The summed E-state index contributed by atoms with van der Waals surface area (Å²) in [6.45, 7) is 3.31. The first-order valence-corrected chi connectivity index (χ1v) is 4.83. The predicted molar refractivity (Wildman–Crippen MR) is 60.4 cm³/mol. The van der Waals surface area contributed by atoms with E-state index in [1.807, 2.05) is 0 Å². The van der Waals surface area contributed by atoms with Gasteiger partial charge in [0.05, 0.1) is 16.6 Å². The topological polar surface area (TPSA) is 116 Å². The van der Waals surface area contributed by atoms with Crippen LogP contribution in [0, 0.1) is 21.4 Å². The molecule has 7 nitrogen and oxygen atoms in total. The minimum Gasteiger partial charge on any atom is -0.371 e. The molecule has 1 heterocycles. The van der Waals surface area contributed by atoms with Crippen molar-refractivity contribution in [3.63, 3.8) is 0 Å². The van der Waals surface area contributed by atoms with Gasteiger partial charge < -0.3 is 10.4 Å². The Morgan fingerprint density at radius 1 is 1.61 bits per heavy atom. The van der Waals surface area contributed by atoms with Crippen LogP contribution in [-0.4, -0.2) is 15.9 Å². The number of nitriles is 1. The maximum atomic E-state index is 11.7. The quantitative estimate of drug-likeness (QED) is 0.454. The van der Waals surface area contributed by atoms with Crippen LogP contribution in [0.4, 0.5) is 11.4 Å². The number of anilines is 1. The number of benzene rings is 1.